The predicted octanol–water partition coefficient (Wildman–Crippen LogP) is 6.60. The molecule has 0 aromatic heterocycles. The minimum atomic E-state index is -0.993. The molecule has 2 aromatic carbocycles. The lowest BCUT2D eigenvalue weighted by Gasteiger charge is -2.36. The number of allylic oxidation sites excluding steroid dienone is 1. The summed E-state index contributed by atoms with van der Waals surface area (Å²) >= 11 is 0. The summed E-state index contributed by atoms with van der Waals surface area (Å²) in [5.41, 5.74) is 2.01. The molecule has 0 bridgehead atoms. The van der Waals surface area contributed by atoms with Crippen LogP contribution in [0.1, 0.15) is 54.4 Å². The van der Waals surface area contributed by atoms with E-state index in [1.54, 1.807) is 6.07 Å². The van der Waals surface area contributed by atoms with Gasteiger partial charge in [-0.2, -0.15) is 0 Å². The lowest BCUT2D eigenvalue weighted by molar-refractivity contribution is 0.205. The van der Waals surface area contributed by atoms with Crippen LogP contribution in [0.15, 0.2) is 43.0 Å². The Hall–Kier alpha value is -2.47. The van der Waals surface area contributed by atoms with Crippen molar-refractivity contribution in [1.82, 2.24) is 0 Å². The van der Waals surface area contributed by atoms with Gasteiger partial charge in [0.2, 0.25) is 0 Å². The molecule has 1 saturated carbocycles. The largest absolute Gasteiger partial charge is 0.205 e. The Morgan fingerprint density at radius 3 is 2.28 bits per heavy atom. The first-order chi connectivity index (χ1) is 14.1. The highest BCUT2D eigenvalue weighted by Gasteiger charge is 2.30. The van der Waals surface area contributed by atoms with E-state index in [4.69, 9.17) is 0 Å². The van der Waals surface area contributed by atoms with Crippen LogP contribution < -0.4 is 0 Å². The number of benzene rings is 2. The summed E-state index contributed by atoms with van der Waals surface area (Å²) in [5, 5.41) is 0. The normalized spacial score (nSPS) is 23.6. The van der Waals surface area contributed by atoms with Crippen molar-refractivity contribution in [1.29, 1.82) is 0 Å². The molecule has 1 atom stereocenters. The van der Waals surface area contributed by atoms with Crippen LogP contribution in [-0.4, -0.2) is 0 Å². The van der Waals surface area contributed by atoms with Gasteiger partial charge < -0.3 is 0 Å². The summed E-state index contributed by atoms with van der Waals surface area (Å²) in [5.74, 6) is 5.01. The van der Waals surface area contributed by atoms with Crippen molar-refractivity contribution in [3.8, 4) is 11.8 Å². The summed E-state index contributed by atoms with van der Waals surface area (Å²) in [6.45, 7) is 3.92. The lowest BCUT2D eigenvalue weighted by Crippen LogP contribution is -2.26. The summed E-state index contributed by atoms with van der Waals surface area (Å²) in [4.78, 5) is 0. The predicted molar refractivity (Wildman–Crippen MR) is 110 cm³/mol. The zero-order valence-electron chi connectivity index (χ0n) is 16.5. The van der Waals surface area contributed by atoms with Crippen LogP contribution in [-0.2, 0) is 12.8 Å². The lowest BCUT2D eigenvalue weighted by atomic mass is 9.69. The molecule has 4 rings (SSSR count). The molecule has 150 valence electrons. The van der Waals surface area contributed by atoms with Gasteiger partial charge in [0.1, 0.15) is 5.82 Å². The molecule has 0 heterocycles. The zero-order chi connectivity index (χ0) is 20.4. The first kappa shape index (κ1) is 19.8. The fraction of sp³-hybridized carbons (Fsp3) is 0.385. The summed E-state index contributed by atoms with van der Waals surface area (Å²) < 4.78 is 42.1. The van der Waals surface area contributed by atoms with Crippen molar-refractivity contribution in [2.24, 2.45) is 17.8 Å². The fourth-order valence-electron chi connectivity index (χ4n) is 4.92. The Morgan fingerprint density at radius 1 is 0.828 bits per heavy atom. The van der Waals surface area contributed by atoms with Crippen molar-refractivity contribution < 1.29 is 13.2 Å². The third-order valence-corrected chi connectivity index (χ3v) is 6.69. The van der Waals surface area contributed by atoms with E-state index in [0.717, 1.165) is 42.4 Å². The monoisotopic (exact) mass is 394 g/mol. The van der Waals surface area contributed by atoms with Gasteiger partial charge in [0, 0.05) is 0 Å². The summed E-state index contributed by atoms with van der Waals surface area (Å²) in [6.07, 6.45) is 9.64. The van der Waals surface area contributed by atoms with Gasteiger partial charge in [0.25, 0.3) is 0 Å². The minimum Gasteiger partial charge on any atom is -0.205 e. The molecule has 29 heavy (non-hydrogen) atoms. The highest BCUT2D eigenvalue weighted by Crippen LogP contribution is 2.40. The highest BCUT2D eigenvalue weighted by molar-refractivity contribution is 5.48. The molecule has 3 heteroatoms. The second-order valence-electron chi connectivity index (χ2n) is 8.33. The Balaban J connectivity index is 1.51. The van der Waals surface area contributed by atoms with Crippen LogP contribution in [0.5, 0.6) is 0 Å². The number of rotatable bonds is 2. The summed E-state index contributed by atoms with van der Waals surface area (Å²) in [6, 6.07) is 7.48. The van der Waals surface area contributed by atoms with E-state index in [9.17, 15) is 8.78 Å². The Morgan fingerprint density at radius 2 is 1.55 bits per heavy atom. The van der Waals surface area contributed by atoms with E-state index < -0.39 is 11.6 Å². The molecule has 0 amide bonds. The number of halogens is 3. The zero-order valence-corrected chi connectivity index (χ0v) is 16.5. The average Bonchev–Trinajstić information content (AvgIpc) is 2.76. The Kier molecular flexibility index (Phi) is 5.81. The molecule has 0 nitrogen and oxygen atoms in total. The van der Waals surface area contributed by atoms with Gasteiger partial charge in [0.15, 0.2) is 11.6 Å². The fourth-order valence-corrected chi connectivity index (χ4v) is 4.92. The van der Waals surface area contributed by atoms with Crippen LogP contribution in [0, 0.1) is 47.0 Å². The van der Waals surface area contributed by atoms with E-state index in [0.29, 0.717) is 11.8 Å². The number of hydrogen-bond acceptors (Lipinski definition) is 0. The molecule has 2 aliphatic carbocycles. The maximum atomic E-state index is 15.0. The number of hydrogen-bond donors (Lipinski definition) is 0. The maximum absolute atomic E-state index is 15.0. The Labute approximate surface area is 170 Å². The van der Waals surface area contributed by atoms with Gasteiger partial charge in [-0.25, -0.2) is 13.2 Å². The summed E-state index contributed by atoms with van der Waals surface area (Å²) in [7, 11) is 0. The molecular formula is C26H25F3. The maximum Gasteiger partial charge on any atom is 0.174 e. The van der Waals surface area contributed by atoms with Gasteiger partial charge in [-0.05, 0) is 92.0 Å². The SMILES string of the molecule is C=CC1CCC(C2CCc3c(ccc(C#Cc4cccc(F)c4F)c3F)C2)CC1. The molecule has 0 saturated heterocycles. The third-order valence-electron chi connectivity index (χ3n) is 6.69. The van der Waals surface area contributed by atoms with Gasteiger partial charge in [0.05, 0.1) is 11.1 Å². The van der Waals surface area contributed by atoms with Gasteiger partial charge in [-0.3, -0.25) is 0 Å². The van der Waals surface area contributed by atoms with E-state index in [-0.39, 0.29) is 16.9 Å². The molecule has 2 aromatic rings. The van der Waals surface area contributed by atoms with Crippen LogP contribution >= 0.6 is 0 Å². The molecule has 2 aliphatic rings. The van der Waals surface area contributed by atoms with Gasteiger partial charge >= 0.3 is 0 Å². The van der Waals surface area contributed by atoms with Crippen molar-refractivity contribution >= 4 is 0 Å². The topological polar surface area (TPSA) is 0 Å². The quantitative estimate of drug-likeness (QED) is 0.398. The third kappa shape index (κ3) is 4.13. The highest BCUT2D eigenvalue weighted by atomic mass is 19.2. The van der Waals surface area contributed by atoms with E-state index in [1.807, 2.05) is 6.07 Å². The molecule has 1 fully saturated rings. The standard InChI is InChI=1S/C26H25F3/c1-2-17-6-8-18(9-7-17)21-14-15-23-22(16-21)13-12-20(25(23)28)11-10-19-4-3-5-24(27)26(19)29/h2-5,12-13,17-18,21H,1,6-9,14-16H2. The number of fused-ring (bicyclic) bond motifs is 1. The molecule has 0 spiro atoms. The van der Waals surface area contributed by atoms with Gasteiger partial charge in [-0.1, -0.05) is 30.0 Å². The van der Waals surface area contributed by atoms with Gasteiger partial charge in [-0.15, -0.1) is 6.58 Å². The molecule has 0 radical (unpaired) electrons. The minimum absolute atomic E-state index is 0.0580. The first-order valence-electron chi connectivity index (χ1n) is 10.5. The van der Waals surface area contributed by atoms with E-state index in [1.165, 1.54) is 37.8 Å². The van der Waals surface area contributed by atoms with E-state index in [2.05, 4.69) is 24.5 Å². The second kappa shape index (κ2) is 8.49. The molecule has 1 unspecified atom stereocenters. The average molecular weight is 394 g/mol. The molecule has 0 aliphatic heterocycles. The van der Waals surface area contributed by atoms with Crippen molar-refractivity contribution in [3.05, 3.63) is 82.7 Å². The van der Waals surface area contributed by atoms with Crippen LogP contribution in [0.2, 0.25) is 0 Å². The van der Waals surface area contributed by atoms with Crippen LogP contribution in [0.25, 0.3) is 0 Å². The van der Waals surface area contributed by atoms with E-state index >= 15 is 4.39 Å². The van der Waals surface area contributed by atoms with Crippen molar-refractivity contribution in [2.75, 3.05) is 0 Å². The first-order valence-corrected chi connectivity index (χ1v) is 10.5. The Bertz CT molecular complexity index is 971. The van der Waals surface area contributed by atoms with Crippen molar-refractivity contribution in [2.45, 2.75) is 44.9 Å². The molecule has 0 N–H and O–H groups in total. The van der Waals surface area contributed by atoms with Crippen LogP contribution in [0.3, 0.4) is 0 Å². The van der Waals surface area contributed by atoms with Crippen LogP contribution in [0.4, 0.5) is 13.2 Å². The molecular weight excluding hydrogens is 369 g/mol. The second-order valence-corrected chi connectivity index (χ2v) is 8.33. The van der Waals surface area contributed by atoms with Crippen molar-refractivity contribution in [3.63, 3.8) is 0 Å². The smallest absolute Gasteiger partial charge is 0.174 e.